The highest BCUT2D eigenvalue weighted by Crippen LogP contribution is 2.30. The Balaban J connectivity index is 2.35. The third kappa shape index (κ3) is 3.53. The van der Waals surface area contributed by atoms with E-state index < -0.39 is 17.9 Å². The molecule has 0 unspecified atom stereocenters. The Morgan fingerprint density at radius 2 is 1.87 bits per heavy atom. The maximum absolute atomic E-state index is 12.5. The topological polar surface area (TPSA) is 105 Å². The van der Waals surface area contributed by atoms with E-state index >= 15 is 0 Å². The van der Waals surface area contributed by atoms with E-state index in [2.05, 4.69) is 10.1 Å². The predicted molar refractivity (Wildman–Crippen MR) is 79.6 cm³/mol. The Hall–Kier alpha value is -2.77. The van der Waals surface area contributed by atoms with Gasteiger partial charge in [0, 0.05) is 13.1 Å². The third-order valence-corrected chi connectivity index (χ3v) is 3.47. The lowest BCUT2D eigenvalue weighted by Crippen LogP contribution is -2.42. The molecule has 0 spiro atoms. The second kappa shape index (κ2) is 6.55. The number of carbonyl (C=O) groups is 3. The van der Waals surface area contributed by atoms with Crippen molar-refractivity contribution in [2.45, 2.75) is 18.9 Å². The molecule has 0 aliphatic heterocycles. The number of esters is 1. The molecule has 1 saturated carbocycles. The zero-order chi connectivity index (χ0) is 17.1. The van der Waals surface area contributed by atoms with Gasteiger partial charge in [-0.3, -0.25) is 9.69 Å². The number of nitrogens with one attached hydrogen (secondary N) is 1. The standard InChI is InChI=1S/C15H18N2O6/c1-17(15(21)16-8-4-5-8)13(19)9-6-11(18)12(22-2)7-10(9)14(20)23-3/h6-8,18H,4-5H2,1-3H3,(H,16,21). The molecule has 0 bridgehead atoms. The number of rotatable bonds is 4. The van der Waals surface area contributed by atoms with Gasteiger partial charge in [0.25, 0.3) is 5.91 Å². The molecule has 0 saturated heterocycles. The Kier molecular flexibility index (Phi) is 4.73. The van der Waals surface area contributed by atoms with Gasteiger partial charge in [0.1, 0.15) is 0 Å². The first-order chi connectivity index (χ1) is 10.9. The van der Waals surface area contributed by atoms with E-state index in [9.17, 15) is 19.5 Å². The molecule has 8 heteroatoms. The van der Waals surface area contributed by atoms with E-state index in [4.69, 9.17) is 4.74 Å². The van der Waals surface area contributed by atoms with Crippen LogP contribution in [0.25, 0.3) is 0 Å². The number of hydrogen-bond acceptors (Lipinski definition) is 6. The van der Waals surface area contributed by atoms with Crippen LogP contribution in [0.3, 0.4) is 0 Å². The van der Waals surface area contributed by atoms with Crippen molar-refractivity contribution in [2.24, 2.45) is 0 Å². The van der Waals surface area contributed by atoms with Crippen LogP contribution in [0.1, 0.15) is 33.6 Å². The zero-order valence-corrected chi connectivity index (χ0v) is 13.1. The lowest BCUT2D eigenvalue weighted by Gasteiger charge is -2.18. The van der Waals surface area contributed by atoms with Crippen molar-refractivity contribution >= 4 is 17.9 Å². The molecule has 3 amide bonds. The molecule has 1 fully saturated rings. The van der Waals surface area contributed by atoms with Gasteiger partial charge in [-0.05, 0) is 25.0 Å². The van der Waals surface area contributed by atoms with E-state index in [0.717, 1.165) is 23.8 Å². The largest absolute Gasteiger partial charge is 0.504 e. The monoisotopic (exact) mass is 322 g/mol. The summed E-state index contributed by atoms with van der Waals surface area (Å²) in [4.78, 5) is 37.2. The summed E-state index contributed by atoms with van der Waals surface area (Å²) in [6.07, 6.45) is 1.76. The molecule has 1 aromatic rings. The number of nitrogens with zero attached hydrogens (tertiary/aromatic N) is 1. The molecule has 0 heterocycles. The van der Waals surface area contributed by atoms with Gasteiger partial charge in [0.05, 0.1) is 25.3 Å². The Bertz CT molecular complexity index is 654. The van der Waals surface area contributed by atoms with Crippen LogP contribution in [0, 0.1) is 0 Å². The van der Waals surface area contributed by atoms with Gasteiger partial charge in [0.15, 0.2) is 11.5 Å². The summed E-state index contributed by atoms with van der Waals surface area (Å²) in [5.41, 5.74) is -0.248. The van der Waals surface area contributed by atoms with Gasteiger partial charge in [-0.1, -0.05) is 0 Å². The summed E-state index contributed by atoms with van der Waals surface area (Å²) < 4.78 is 9.56. The number of hydrogen-bond donors (Lipinski definition) is 2. The number of phenols is 1. The van der Waals surface area contributed by atoms with E-state index in [1.807, 2.05) is 0 Å². The average molecular weight is 322 g/mol. The van der Waals surface area contributed by atoms with Gasteiger partial charge < -0.3 is 19.9 Å². The number of imide groups is 1. The molecule has 0 atom stereocenters. The van der Waals surface area contributed by atoms with E-state index in [0.29, 0.717) is 0 Å². The molecule has 1 aliphatic carbocycles. The van der Waals surface area contributed by atoms with Crippen LogP contribution in [0.4, 0.5) is 4.79 Å². The van der Waals surface area contributed by atoms with Crippen LogP contribution in [0.15, 0.2) is 12.1 Å². The normalized spacial score (nSPS) is 13.2. The SMILES string of the molecule is COC(=O)c1cc(OC)c(O)cc1C(=O)N(C)C(=O)NC1CC1. The quantitative estimate of drug-likeness (QED) is 0.805. The number of amides is 3. The van der Waals surface area contributed by atoms with Crippen molar-refractivity contribution in [2.75, 3.05) is 21.3 Å². The minimum Gasteiger partial charge on any atom is -0.504 e. The van der Waals surface area contributed by atoms with Crippen molar-refractivity contribution in [3.8, 4) is 11.5 Å². The highest BCUT2D eigenvalue weighted by Gasteiger charge is 2.30. The molecular weight excluding hydrogens is 304 g/mol. The lowest BCUT2D eigenvalue weighted by molar-refractivity contribution is 0.0592. The maximum Gasteiger partial charge on any atom is 0.338 e. The van der Waals surface area contributed by atoms with Crippen LogP contribution < -0.4 is 10.1 Å². The molecule has 23 heavy (non-hydrogen) atoms. The number of ether oxygens (including phenoxy) is 2. The smallest absolute Gasteiger partial charge is 0.338 e. The third-order valence-electron chi connectivity index (χ3n) is 3.47. The number of methoxy groups -OCH3 is 2. The van der Waals surface area contributed by atoms with Gasteiger partial charge in [-0.25, -0.2) is 9.59 Å². The predicted octanol–water partition coefficient (Wildman–Crippen LogP) is 1.13. The number of aromatic hydroxyl groups is 1. The van der Waals surface area contributed by atoms with Crippen molar-refractivity contribution in [3.05, 3.63) is 23.3 Å². The second-order valence-corrected chi connectivity index (χ2v) is 5.15. The van der Waals surface area contributed by atoms with Crippen LogP contribution in [0.2, 0.25) is 0 Å². The van der Waals surface area contributed by atoms with Crippen molar-refractivity contribution in [3.63, 3.8) is 0 Å². The number of phenolic OH excluding ortho intramolecular Hbond substituents is 1. The fourth-order valence-electron chi connectivity index (χ4n) is 1.96. The first-order valence-corrected chi connectivity index (χ1v) is 6.97. The summed E-state index contributed by atoms with van der Waals surface area (Å²) in [6.45, 7) is 0. The molecule has 1 aromatic carbocycles. The van der Waals surface area contributed by atoms with E-state index in [1.165, 1.54) is 27.3 Å². The average Bonchev–Trinajstić information content (AvgIpc) is 3.36. The van der Waals surface area contributed by atoms with Crippen LogP contribution in [0.5, 0.6) is 11.5 Å². The summed E-state index contributed by atoms with van der Waals surface area (Å²) >= 11 is 0. The molecule has 124 valence electrons. The zero-order valence-electron chi connectivity index (χ0n) is 13.1. The first kappa shape index (κ1) is 16.6. The van der Waals surface area contributed by atoms with Crippen molar-refractivity contribution in [1.29, 1.82) is 0 Å². The fraction of sp³-hybridized carbons (Fsp3) is 0.400. The highest BCUT2D eigenvalue weighted by atomic mass is 16.5. The lowest BCUT2D eigenvalue weighted by atomic mass is 10.0. The molecule has 2 rings (SSSR count). The number of benzene rings is 1. The Morgan fingerprint density at radius 3 is 2.39 bits per heavy atom. The van der Waals surface area contributed by atoms with E-state index in [1.54, 1.807) is 0 Å². The molecule has 1 aliphatic rings. The summed E-state index contributed by atoms with van der Waals surface area (Å²) in [5, 5.41) is 12.5. The molecule has 2 N–H and O–H groups in total. The summed E-state index contributed by atoms with van der Waals surface area (Å²) in [7, 11) is 3.77. The highest BCUT2D eigenvalue weighted by molar-refractivity contribution is 6.10. The minimum atomic E-state index is -0.775. The minimum absolute atomic E-state index is 0.0204. The first-order valence-electron chi connectivity index (χ1n) is 6.97. The second-order valence-electron chi connectivity index (χ2n) is 5.15. The van der Waals surface area contributed by atoms with Crippen molar-refractivity contribution < 1.29 is 29.0 Å². The van der Waals surface area contributed by atoms with Gasteiger partial charge in [0.2, 0.25) is 0 Å². The van der Waals surface area contributed by atoms with Crippen LogP contribution in [-0.2, 0) is 4.74 Å². The van der Waals surface area contributed by atoms with Crippen LogP contribution >= 0.6 is 0 Å². The van der Waals surface area contributed by atoms with Gasteiger partial charge in [-0.2, -0.15) is 0 Å². The molecule has 0 aromatic heterocycles. The number of urea groups is 1. The maximum atomic E-state index is 12.5. The van der Waals surface area contributed by atoms with E-state index in [-0.39, 0.29) is 28.7 Å². The Morgan fingerprint density at radius 1 is 1.22 bits per heavy atom. The summed E-state index contributed by atoms with van der Waals surface area (Å²) in [6, 6.07) is 1.79. The van der Waals surface area contributed by atoms with Gasteiger partial charge in [-0.15, -0.1) is 0 Å². The van der Waals surface area contributed by atoms with Crippen molar-refractivity contribution in [1.82, 2.24) is 10.2 Å². The van der Waals surface area contributed by atoms with Crippen LogP contribution in [-0.4, -0.2) is 55.2 Å². The fourth-order valence-corrected chi connectivity index (χ4v) is 1.96. The Labute approximate surface area is 133 Å². The summed E-state index contributed by atoms with van der Waals surface area (Å²) in [5.74, 6) is -1.81. The molecular formula is C15H18N2O6. The number of carbonyl (C=O) groups excluding carboxylic acids is 3. The van der Waals surface area contributed by atoms with Gasteiger partial charge >= 0.3 is 12.0 Å². The molecule has 8 nitrogen and oxygen atoms in total. The molecule has 0 radical (unpaired) electrons.